The Balaban J connectivity index is 0.00000121. The molecule has 1 aromatic rings. The van der Waals surface area contributed by atoms with Crippen LogP contribution in [-0.2, 0) is 0 Å². The van der Waals surface area contributed by atoms with E-state index in [0.29, 0.717) is 31.0 Å². The first kappa shape index (κ1) is 16.8. The van der Waals surface area contributed by atoms with Crippen LogP contribution in [0.2, 0.25) is 0 Å². The van der Waals surface area contributed by atoms with E-state index in [2.05, 4.69) is 27.1 Å². The first-order valence-electron chi connectivity index (χ1n) is 5.49. The third-order valence-corrected chi connectivity index (χ3v) is 3.62. The fourth-order valence-electron chi connectivity index (χ4n) is 1.00. The van der Waals surface area contributed by atoms with E-state index in [1.165, 1.54) is 6.92 Å². The molecule has 0 bridgehead atoms. The molecule has 1 aromatic heterocycles. The van der Waals surface area contributed by atoms with Gasteiger partial charge in [0.25, 0.3) is 0 Å². The average Bonchev–Trinajstić information content (AvgIpc) is 2.76. The van der Waals surface area contributed by atoms with Crippen molar-refractivity contribution in [3.63, 3.8) is 0 Å². The Bertz CT molecular complexity index is 344. The van der Waals surface area contributed by atoms with Gasteiger partial charge in [-0.15, -0.1) is 5.10 Å². The van der Waals surface area contributed by atoms with Gasteiger partial charge in [0.15, 0.2) is 5.78 Å². The molecule has 1 atom stereocenters. The molecule has 0 aromatic carbocycles. The molecule has 0 saturated heterocycles. The van der Waals surface area contributed by atoms with Gasteiger partial charge in [0.05, 0.1) is 18.5 Å². The van der Waals surface area contributed by atoms with Crippen molar-refractivity contribution in [2.75, 3.05) is 13.2 Å². The summed E-state index contributed by atoms with van der Waals surface area (Å²) in [7, 11) is 0. The number of ketones is 1. The van der Waals surface area contributed by atoms with Crippen molar-refractivity contribution in [3.05, 3.63) is 11.8 Å². The van der Waals surface area contributed by atoms with Crippen LogP contribution in [0.15, 0.2) is 6.20 Å². The van der Waals surface area contributed by atoms with Crippen molar-refractivity contribution in [1.82, 2.24) is 9.55 Å². The van der Waals surface area contributed by atoms with Gasteiger partial charge in [0, 0.05) is 6.20 Å². The molecule has 0 aliphatic rings. The van der Waals surface area contributed by atoms with Crippen molar-refractivity contribution < 1.29 is 9.53 Å². The van der Waals surface area contributed by atoms with Crippen LogP contribution < -0.4 is 10.5 Å². The second-order valence-corrected chi connectivity index (χ2v) is 5.00. The van der Waals surface area contributed by atoms with Crippen LogP contribution in [0.5, 0.6) is 5.88 Å². The van der Waals surface area contributed by atoms with Gasteiger partial charge < -0.3 is 10.5 Å². The predicted octanol–water partition coefficient (Wildman–Crippen LogP) is 2.63. The van der Waals surface area contributed by atoms with E-state index in [-0.39, 0.29) is 5.78 Å². The van der Waals surface area contributed by atoms with Crippen LogP contribution in [-0.4, -0.2) is 28.5 Å². The summed E-state index contributed by atoms with van der Waals surface area (Å²) in [6, 6.07) is 0. The maximum absolute atomic E-state index is 11.3. The highest BCUT2D eigenvalue weighted by atomic mass is 127. The Morgan fingerprint density at radius 1 is 1.65 bits per heavy atom. The molecule has 98 valence electrons. The first-order chi connectivity index (χ1) is 8.19. The number of aromatic nitrogens is 2. The highest BCUT2D eigenvalue weighted by Gasteiger charge is 2.13. The number of nitrogens with two attached hydrogens (primary N) is 1. The molecule has 7 heteroatoms. The summed E-state index contributed by atoms with van der Waals surface area (Å²) in [6.45, 7) is 6.58. The second-order valence-electron chi connectivity index (χ2n) is 2.92. The first-order valence-corrected chi connectivity index (χ1v) is 9.55. The zero-order valence-electron chi connectivity index (χ0n) is 10.4. The summed E-state index contributed by atoms with van der Waals surface area (Å²) in [4.78, 5) is 11.3. The molecule has 0 radical (unpaired) electrons. The lowest BCUT2D eigenvalue weighted by molar-refractivity contribution is 0.101. The van der Waals surface area contributed by atoms with Gasteiger partial charge in [0.1, 0.15) is 0 Å². The maximum atomic E-state index is 11.3. The van der Waals surface area contributed by atoms with Crippen molar-refractivity contribution in [2.45, 2.75) is 27.2 Å². The molecule has 2 N–H and O–H groups in total. The summed E-state index contributed by atoms with van der Waals surface area (Å²) in [6.07, 6.45) is 2.94. The summed E-state index contributed by atoms with van der Waals surface area (Å²) in [5.41, 5.74) is 5.89. The van der Waals surface area contributed by atoms with Crippen LogP contribution in [0.25, 0.3) is 0 Å². The molecule has 1 rings (SSSR count). The molecule has 17 heavy (non-hydrogen) atoms. The molecule has 0 aliphatic carbocycles. The number of hydrogen-bond donors (Lipinski definition) is 1. The minimum Gasteiger partial charge on any atom is -0.476 e. The fraction of sp³-hybridized carbons (Fsp3) is 0.600. The Labute approximate surface area is 117 Å². The Hall–Kier alpha value is -0.200. The van der Waals surface area contributed by atoms with E-state index < -0.39 is 0 Å². The van der Waals surface area contributed by atoms with Gasteiger partial charge in [-0.25, -0.2) is 4.45 Å². The van der Waals surface area contributed by atoms with Crippen molar-refractivity contribution in [3.8, 4) is 5.88 Å². The highest BCUT2D eigenvalue weighted by Crippen LogP contribution is 2.27. The number of halogens is 1. The molecule has 0 spiro atoms. The van der Waals surface area contributed by atoms with Crippen LogP contribution in [0.3, 0.4) is 0 Å². The minimum atomic E-state index is -0.0290. The van der Waals surface area contributed by atoms with Gasteiger partial charge in [-0.05, 0) is 41.9 Å². The fourth-order valence-corrected chi connectivity index (χ4v) is 2.05. The molecule has 1 heterocycles. The third kappa shape index (κ3) is 5.79. The molecule has 0 saturated carbocycles. The van der Waals surface area contributed by atoms with Gasteiger partial charge in [-0.3, -0.25) is 4.79 Å². The summed E-state index contributed by atoms with van der Waals surface area (Å²) in [5, 5.41) is 4.16. The normalized spacial score (nSPS) is 10.2. The monoisotopic (exact) mass is 371 g/mol. The molecule has 0 amide bonds. The lowest BCUT2D eigenvalue weighted by atomic mass is 10.2. The van der Waals surface area contributed by atoms with E-state index in [9.17, 15) is 4.79 Å². The number of Topliss-reactive ketones (excluding diaryl/α,β-unsaturated/α-hetero) is 1. The third-order valence-electron chi connectivity index (χ3n) is 1.73. The highest BCUT2D eigenvalue weighted by molar-refractivity contribution is 14.2. The predicted molar refractivity (Wildman–Crippen MR) is 80.5 cm³/mol. The Kier molecular flexibility index (Phi) is 9.68. The van der Waals surface area contributed by atoms with E-state index >= 15 is 0 Å². The van der Waals surface area contributed by atoms with Crippen LogP contribution in [0.1, 0.15) is 37.6 Å². The average molecular weight is 371 g/mol. The Morgan fingerprint density at radius 2 is 2.29 bits per heavy atom. The van der Waals surface area contributed by atoms with E-state index in [4.69, 9.17) is 10.5 Å². The van der Waals surface area contributed by atoms with Crippen molar-refractivity contribution in [1.29, 1.82) is 0 Å². The number of hydrogen-bond acceptors (Lipinski definition) is 4. The topological polar surface area (TPSA) is 70.1 Å². The van der Waals surface area contributed by atoms with Gasteiger partial charge >= 0.3 is 0 Å². The number of ether oxygens (including phenoxy) is 1. The standard InChI is InChI=1S/C8H13IN3O2P.C2H6/c1-6(13)7-5-12(15-9)11-8(7)14-4-2-3-10;1-2/h5,15H,2-4,10H2,1H3;1-2H3. The van der Waals surface area contributed by atoms with Crippen molar-refractivity contribution in [2.24, 2.45) is 5.73 Å². The molecule has 5 nitrogen and oxygen atoms in total. The van der Waals surface area contributed by atoms with E-state index in [1.54, 1.807) is 10.6 Å². The molecule has 1 unspecified atom stereocenters. The lowest BCUT2D eigenvalue weighted by Gasteiger charge is -2.02. The molecule has 0 fully saturated rings. The van der Waals surface area contributed by atoms with E-state index in [0.717, 1.165) is 6.42 Å². The van der Waals surface area contributed by atoms with Crippen LogP contribution >= 0.6 is 28.4 Å². The quantitative estimate of drug-likeness (QED) is 0.361. The lowest BCUT2D eigenvalue weighted by Crippen LogP contribution is -2.07. The van der Waals surface area contributed by atoms with Gasteiger partial charge in [-0.1, -0.05) is 13.8 Å². The van der Waals surface area contributed by atoms with Gasteiger partial charge in [0.2, 0.25) is 5.88 Å². The number of carbonyl (C=O) groups excluding carboxylic acids is 1. The zero-order chi connectivity index (χ0) is 13.3. The summed E-state index contributed by atoms with van der Waals surface area (Å²) >= 11 is 2.19. The largest absolute Gasteiger partial charge is 0.476 e. The summed E-state index contributed by atoms with van der Waals surface area (Å²) in [5.74, 6) is 0.388. The van der Waals surface area contributed by atoms with Crippen molar-refractivity contribution >= 4 is 34.2 Å². The smallest absolute Gasteiger partial charge is 0.244 e. The van der Waals surface area contributed by atoms with Crippen LogP contribution in [0.4, 0.5) is 0 Å². The minimum absolute atomic E-state index is 0.0290. The SMILES string of the molecule is CC.CC(=O)c1cn(PI)nc1OCCCN. The zero-order valence-corrected chi connectivity index (χ0v) is 13.5. The Morgan fingerprint density at radius 3 is 2.76 bits per heavy atom. The number of carbonyl (C=O) groups is 1. The maximum Gasteiger partial charge on any atom is 0.244 e. The van der Waals surface area contributed by atoms with Gasteiger partial charge in [-0.2, -0.15) is 0 Å². The molecule has 0 aliphatic heterocycles. The molecular formula is C10H19IN3O2P. The van der Waals surface area contributed by atoms with E-state index in [1.807, 2.05) is 13.8 Å². The summed E-state index contributed by atoms with van der Waals surface area (Å²) < 4.78 is 7.09. The van der Waals surface area contributed by atoms with Crippen LogP contribution in [0, 0.1) is 0 Å². The number of rotatable bonds is 6. The second kappa shape index (κ2) is 9.79. The number of nitrogens with zero attached hydrogens (tertiary/aromatic N) is 2. The molecular weight excluding hydrogens is 352 g/mol.